The Morgan fingerprint density at radius 1 is 1.67 bits per heavy atom. The van der Waals surface area contributed by atoms with Crippen molar-refractivity contribution in [2.45, 2.75) is 11.9 Å². The number of carbonyl (C=O) groups is 1. The first kappa shape index (κ1) is 8.99. The van der Waals surface area contributed by atoms with Gasteiger partial charge in [-0.1, -0.05) is 0 Å². The summed E-state index contributed by atoms with van der Waals surface area (Å²) in [7, 11) is 0. The van der Waals surface area contributed by atoms with Crippen molar-refractivity contribution in [3.05, 3.63) is 11.8 Å². The molecule has 1 aromatic heterocycles. The minimum atomic E-state index is -0.0423. The number of hydrogen-bond donors (Lipinski definition) is 1. The molecule has 0 atom stereocenters. The number of thioether (sulfide) groups is 1. The van der Waals surface area contributed by atoms with Crippen LogP contribution in [0.1, 0.15) is 17.3 Å². The van der Waals surface area contributed by atoms with Crippen molar-refractivity contribution in [3.8, 4) is 0 Å². The van der Waals surface area contributed by atoms with Crippen LogP contribution in [-0.4, -0.2) is 22.0 Å². The molecule has 1 rings (SSSR count). The van der Waals surface area contributed by atoms with Crippen molar-refractivity contribution in [2.24, 2.45) is 0 Å². The summed E-state index contributed by atoms with van der Waals surface area (Å²) < 4.78 is 0. The second-order valence-electron chi connectivity index (χ2n) is 2.21. The van der Waals surface area contributed by atoms with Gasteiger partial charge in [-0.2, -0.15) is 0 Å². The van der Waals surface area contributed by atoms with E-state index in [0.29, 0.717) is 10.6 Å². The highest BCUT2D eigenvalue weighted by Gasteiger charge is 2.08. The second-order valence-corrected chi connectivity index (χ2v) is 3.00. The average Bonchev–Trinajstić information content (AvgIpc) is 2.03. The van der Waals surface area contributed by atoms with E-state index in [9.17, 15) is 4.79 Å². The van der Waals surface area contributed by atoms with E-state index in [2.05, 4.69) is 9.97 Å². The molecule has 0 fully saturated rings. The molecule has 12 heavy (non-hydrogen) atoms. The lowest BCUT2D eigenvalue weighted by Gasteiger charge is -2.01. The fraction of sp³-hybridized carbons (Fsp3) is 0.286. The molecule has 0 aliphatic carbocycles. The van der Waals surface area contributed by atoms with E-state index in [1.54, 1.807) is 0 Å². The van der Waals surface area contributed by atoms with E-state index in [-0.39, 0.29) is 11.7 Å². The minimum Gasteiger partial charge on any atom is -0.368 e. The number of hydrogen-bond acceptors (Lipinski definition) is 5. The van der Waals surface area contributed by atoms with Gasteiger partial charge in [0.15, 0.2) is 5.78 Å². The van der Waals surface area contributed by atoms with Gasteiger partial charge in [0.1, 0.15) is 5.03 Å². The molecule has 0 saturated carbocycles. The van der Waals surface area contributed by atoms with Gasteiger partial charge in [-0.25, -0.2) is 9.97 Å². The number of aromatic nitrogens is 2. The van der Waals surface area contributed by atoms with Crippen LogP contribution >= 0.6 is 11.8 Å². The zero-order chi connectivity index (χ0) is 9.14. The van der Waals surface area contributed by atoms with Crippen molar-refractivity contribution in [2.75, 3.05) is 12.0 Å². The van der Waals surface area contributed by atoms with Crippen LogP contribution in [-0.2, 0) is 0 Å². The zero-order valence-corrected chi connectivity index (χ0v) is 7.68. The van der Waals surface area contributed by atoms with Crippen LogP contribution in [0, 0.1) is 0 Å². The van der Waals surface area contributed by atoms with Crippen molar-refractivity contribution in [3.63, 3.8) is 0 Å². The van der Waals surface area contributed by atoms with Crippen LogP contribution in [0.25, 0.3) is 0 Å². The van der Waals surface area contributed by atoms with Crippen molar-refractivity contribution >= 4 is 23.5 Å². The van der Waals surface area contributed by atoms with Gasteiger partial charge in [0.2, 0.25) is 5.95 Å². The van der Waals surface area contributed by atoms with Crippen LogP contribution in [0.5, 0.6) is 0 Å². The molecule has 0 aliphatic heterocycles. The number of Topliss-reactive ketones (excluding diaryl/α,β-unsaturated/α-hetero) is 1. The third kappa shape index (κ3) is 1.73. The maximum atomic E-state index is 11.0. The lowest BCUT2D eigenvalue weighted by Crippen LogP contribution is -2.02. The normalized spacial score (nSPS) is 9.83. The Balaban J connectivity index is 3.20. The monoisotopic (exact) mass is 183 g/mol. The number of nitrogen functional groups attached to an aromatic ring is 1. The van der Waals surface area contributed by atoms with E-state index < -0.39 is 0 Å². The first-order chi connectivity index (χ1) is 5.65. The highest BCUT2D eigenvalue weighted by molar-refractivity contribution is 7.98. The van der Waals surface area contributed by atoms with E-state index in [1.165, 1.54) is 24.9 Å². The molecule has 0 amide bonds. The fourth-order valence-electron chi connectivity index (χ4n) is 0.776. The molecule has 1 heterocycles. The first-order valence-electron chi connectivity index (χ1n) is 3.32. The zero-order valence-electron chi connectivity index (χ0n) is 6.87. The maximum absolute atomic E-state index is 11.0. The standard InChI is InChI=1S/C7H9N3OS/c1-4(11)5-3-9-7(8)10-6(5)12-2/h3H,1-2H3,(H2,8,9,10). The predicted octanol–water partition coefficient (Wildman–Crippen LogP) is 0.983. The topological polar surface area (TPSA) is 68.9 Å². The Bertz CT molecular complexity index is 314. The Labute approximate surface area is 74.6 Å². The van der Waals surface area contributed by atoms with E-state index >= 15 is 0 Å². The number of rotatable bonds is 2. The largest absolute Gasteiger partial charge is 0.368 e. The van der Waals surface area contributed by atoms with Gasteiger partial charge >= 0.3 is 0 Å². The van der Waals surface area contributed by atoms with Gasteiger partial charge in [0.05, 0.1) is 5.56 Å². The smallest absolute Gasteiger partial charge is 0.221 e. The summed E-state index contributed by atoms with van der Waals surface area (Å²) in [6.45, 7) is 1.48. The summed E-state index contributed by atoms with van der Waals surface area (Å²) in [6, 6.07) is 0. The summed E-state index contributed by atoms with van der Waals surface area (Å²) in [4.78, 5) is 18.7. The molecule has 0 saturated heterocycles. The Morgan fingerprint density at radius 3 is 2.83 bits per heavy atom. The third-order valence-electron chi connectivity index (χ3n) is 1.35. The Morgan fingerprint density at radius 2 is 2.33 bits per heavy atom. The molecule has 2 N–H and O–H groups in total. The average molecular weight is 183 g/mol. The number of ketones is 1. The molecule has 0 unspecified atom stereocenters. The molecule has 0 radical (unpaired) electrons. The molecule has 1 aromatic rings. The summed E-state index contributed by atoms with van der Waals surface area (Å²) in [5, 5.41) is 0.634. The molecule has 0 bridgehead atoms. The van der Waals surface area contributed by atoms with Crippen LogP contribution in [0.15, 0.2) is 11.2 Å². The molecule has 5 heteroatoms. The van der Waals surface area contributed by atoms with Gasteiger partial charge in [-0.05, 0) is 13.2 Å². The number of anilines is 1. The second kappa shape index (κ2) is 3.53. The van der Waals surface area contributed by atoms with Crippen LogP contribution < -0.4 is 5.73 Å². The van der Waals surface area contributed by atoms with Gasteiger partial charge in [0.25, 0.3) is 0 Å². The Kier molecular flexibility index (Phi) is 2.65. The van der Waals surface area contributed by atoms with Gasteiger partial charge < -0.3 is 5.73 Å². The highest BCUT2D eigenvalue weighted by atomic mass is 32.2. The lowest BCUT2D eigenvalue weighted by molar-refractivity contribution is 0.101. The van der Waals surface area contributed by atoms with Gasteiger partial charge in [0, 0.05) is 6.20 Å². The minimum absolute atomic E-state index is 0.0423. The van der Waals surface area contributed by atoms with Gasteiger partial charge in [-0.3, -0.25) is 4.79 Å². The molecule has 0 aromatic carbocycles. The quantitative estimate of drug-likeness (QED) is 0.420. The van der Waals surface area contributed by atoms with Crippen molar-refractivity contribution in [1.82, 2.24) is 9.97 Å². The Hall–Kier alpha value is -1.10. The fourth-order valence-corrected chi connectivity index (χ4v) is 1.38. The molecule has 64 valence electrons. The van der Waals surface area contributed by atoms with Crippen LogP contribution in [0.2, 0.25) is 0 Å². The van der Waals surface area contributed by atoms with Crippen molar-refractivity contribution in [1.29, 1.82) is 0 Å². The number of nitrogens with zero attached hydrogens (tertiary/aromatic N) is 2. The molecular weight excluding hydrogens is 174 g/mol. The molecule has 0 aliphatic rings. The number of nitrogens with two attached hydrogens (primary N) is 1. The van der Waals surface area contributed by atoms with E-state index in [4.69, 9.17) is 5.73 Å². The summed E-state index contributed by atoms with van der Waals surface area (Å²) >= 11 is 1.39. The summed E-state index contributed by atoms with van der Waals surface area (Å²) in [5.74, 6) is 0.156. The molecular formula is C7H9N3OS. The van der Waals surface area contributed by atoms with Gasteiger partial charge in [-0.15, -0.1) is 11.8 Å². The SMILES string of the molecule is CSc1nc(N)ncc1C(C)=O. The van der Waals surface area contributed by atoms with E-state index in [1.807, 2.05) is 6.26 Å². The molecule has 4 nitrogen and oxygen atoms in total. The molecule has 0 spiro atoms. The van der Waals surface area contributed by atoms with E-state index in [0.717, 1.165) is 0 Å². The van der Waals surface area contributed by atoms with Crippen molar-refractivity contribution < 1.29 is 4.79 Å². The summed E-state index contributed by atoms with van der Waals surface area (Å²) in [5.41, 5.74) is 5.88. The van der Waals surface area contributed by atoms with Crippen LogP contribution in [0.3, 0.4) is 0 Å². The third-order valence-corrected chi connectivity index (χ3v) is 2.04. The lowest BCUT2D eigenvalue weighted by atomic mass is 10.2. The highest BCUT2D eigenvalue weighted by Crippen LogP contribution is 2.17. The maximum Gasteiger partial charge on any atom is 0.221 e. The number of carbonyl (C=O) groups excluding carboxylic acids is 1. The van der Waals surface area contributed by atoms with Crippen LogP contribution in [0.4, 0.5) is 5.95 Å². The summed E-state index contributed by atoms with van der Waals surface area (Å²) in [6.07, 6.45) is 3.30. The first-order valence-corrected chi connectivity index (χ1v) is 4.55. The predicted molar refractivity (Wildman–Crippen MR) is 48.2 cm³/mol.